The molecule has 4 heteroatoms. The predicted molar refractivity (Wildman–Crippen MR) is 88.4 cm³/mol. The van der Waals surface area contributed by atoms with Crippen molar-refractivity contribution in [2.75, 3.05) is 33.7 Å². The number of hydrogen-bond acceptors (Lipinski definition) is 4. The molecule has 1 heterocycles. The quantitative estimate of drug-likeness (QED) is 0.851. The Morgan fingerprint density at radius 1 is 1.24 bits per heavy atom. The molecule has 0 amide bonds. The number of nitrogens with two attached hydrogens (primary N) is 1. The number of likely N-dealkylation sites (N-methyl/N-ethyl adjacent to an activating group) is 2. The molecule has 1 aromatic carbocycles. The van der Waals surface area contributed by atoms with Gasteiger partial charge in [0.2, 0.25) is 0 Å². The number of furan rings is 1. The number of benzene rings is 1. The van der Waals surface area contributed by atoms with Gasteiger partial charge in [0, 0.05) is 24.5 Å². The van der Waals surface area contributed by atoms with E-state index in [9.17, 15) is 0 Å². The van der Waals surface area contributed by atoms with Crippen LogP contribution in [0.25, 0.3) is 11.0 Å². The highest BCUT2D eigenvalue weighted by Crippen LogP contribution is 2.28. The zero-order valence-electron chi connectivity index (χ0n) is 13.5. The Bertz CT molecular complexity index is 531. The third kappa shape index (κ3) is 3.64. The van der Waals surface area contributed by atoms with E-state index in [2.05, 4.69) is 49.9 Å². The molecule has 2 unspecified atom stereocenters. The topological polar surface area (TPSA) is 45.6 Å². The van der Waals surface area contributed by atoms with E-state index in [1.807, 2.05) is 18.2 Å². The second kappa shape index (κ2) is 7.07. The molecule has 0 bridgehead atoms. The van der Waals surface area contributed by atoms with Gasteiger partial charge >= 0.3 is 0 Å². The second-order valence-electron chi connectivity index (χ2n) is 5.88. The van der Waals surface area contributed by atoms with Crippen LogP contribution in [-0.4, -0.2) is 49.6 Å². The maximum absolute atomic E-state index is 6.06. The van der Waals surface area contributed by atoms with Crippen LogP contribution in [0.5, 0.6) is 0 Å². The van der Waals surface area contributed by atoms with Gasteiger partial charge in [-0.3, -0.25) is 4.90 Å². The summed E-state index contributed by atoms with van der Waals surface area (Å²) in [7, 11) is 4.20. The molecule has 0 saturated heterocycles. The molecule has 2 N–H and O–H groups in total. The lowest BCUT2D eigenvalue weighted by molar-refractivity contribution is 0.118. The first kappa shape index (κ1) is 16.0. The van der Waals surface area contributed by atoms with Gasteiger partial charge in [-0.15, -0.1) is 0 Å². The largest absolute Gasteiger partial charge is 0.459 e. The van der Waals surface area contributed by atoms with Crippen molar-refractivity contribution in [1.29, 1.82) is 0 Å². The minimum atomic E-state index is 0.123. The van der Waals surface area contributed by atoms with Gasteiger partial charge in [0.1, 0.15) is 11.3 Å². The maximum Gasteiger partial charge on any atom is 0.134 e. The summed E-state index contributed by atoms with van der Waals surface area (Å²) in [6.45, 7) is 6.94. The molecule has 2 aromatic rings. The van der Waals surface area contributed by atoms with Crippen LogP contribution in [0.4, 0.5) is 0 Å². The predicted octanol–water partition coefficient (Wildman–Crippen LogP) is 2.70. The number of hydrogen-bond donors (Lipinski definition) is 1. The first-order chi connectivity index (χ1) is 10.1. The summed E-state index contributed by atoms with van der Waals surface area (Å²) in [5.74, 6) is 0.964. The van der Waals surface area contributed by atoms with Crippen LogP contribution < -0.4 is 5.73 Å². The van der Waals surface area contributed by atoms with Gasteiger partial charge in [0.25, 0.3) is 0 Å². The fourth-order valence-electron chi connectivity index (χ4n) is 3.05. The van der Waals surface area contributed by atoms with Crippen LogP contribution in [0.3, 0.4) is 0 Å². The highest BCUT2D eigenvalue weighted by molar-refractivity contribution is 5.77. The van der Waals surface area contributed by atoms with Crippen molar-refractivity contribution in [3.8, 4) is 0 Å². The van der Waals surface area contributed by atoms with Crippen LogP contribution in [0.2, 0.25) is 0 Å². The lowest BCUT2D eigenvalue weighted by Crippen LogP contribution is -2.44. The Morgan fingerprint density at radius 3 is 2.52 bits per heavy atom. The molecule has 0 aliphatic heterocycles. The van der Waals surface area contributed by atoms with Gasteiger partial charge in [-0.05, 0) is 39.7 Å². The van der Waals surface area contributed by atoms with E-state index in [4.69, 9.17) is 10.2 Å². The summed E-state index contributed by atoms with van der Waals surface area (Å²) >= 11 is 0. The monoisotopic (exact) mass is 289 g/mol. The third-order valence-electron chi connectivity index (χ3n) is 3.96. The van der Waals surface area contributed by atoms with Crippen LogP contribution in [0, 0.1) is 0 Å². The van der Waals surface area contributed by atoms with Crippen molar-refractivity contribution in [3.05, 3.63) is 36.1 Å². The molecular weight excluding hydrogens is 262 g/mol. The molecule has 116 valence electrons. The molecule has 0 spiro atoms. The standard InChI is InChI=1S/C17H27N3O/c1-5-20(13(2)12-19(3)4)15(11-18)17-10-14-8-6-7-9-16(14)21-17/h6-10,13,15H,5,11-12,18H2,1-4H3. The minimum Gasteiger partial charge on any atom is -0.459 e. The molecule has 0 fully saturated rings. The molecule has 0 saturated carbocycles. The molecule has 1 aromatic heterocycles. The van der Waals surface area contributed by atoms with Crippen LogP contribution in [0.15, 0.2) is 34.7 Å². The van der Waals surface area contributed by atoms with Gasteiger partial charge in [-0.2, -0.15) is 0 Å². The highest BCUT2D eigenvalue weighted by Gasteiger charge is 2.25. The number of nitrogens with zero attached hydrogens (tertiary/aromatic N) is 2. The van der Waals surface area contributed by atoms with E-state index in [1.54, 1.807) is 0 Å². The maximum atomic E-state index is 6.06. The van der Waals surface area contributed by atoms with E-state index >= 15 is 0 Å². The van der Waals surface area contributed by atoms with Crippen molar-refractivity contribution < 1.29 is 4.42 Å². The van der Waals surface area contributed by atoms with Crippen molar-refractivity contribution in [2.45, 2.75) is 25.9 Å². The Kier molecular flexibility index (Phi) is 5.39. The van der Waals surface area contributed by atoms with Gasteiger partial charge in [0.15, 0.2) is 0 Å². The fourth-order valence-corrected chi connectivity index (χ4v) is 3.05. The van der Waals surface area contributed by atoms with Gasteiger partial charge in [-0.1, -0.05) is 25.1 Å². The first-order valence-electron chi connectivity index (χ1n) is 7.65. The zero-order valence-corrected chi connectivity index (χ0v) is 13.5. The van der Waals surface area contributed by atoms with Crippen LogP contribution >= 0.6 is 0 Å². The summed E-state index contributed by atoms with van der Waals surface area (Å²) in [6, 6.07) is 10.8. The van der Waals surface area contributed by atoms with E-state index in [1.165, 1.54) is 0 Å². The zero-order chi connectivity index (χ0) is 15.4. The Labute approximate surface area is 127 Å². The number of fused-ring (bicyclic) bond motifs is 1. The SMILES string of the molecule is CCN(C(C)CN(C)C)C(CN)c1cc2ccccc2o1. The van der Waals surface area contributed by atoms with Crippen molar-refractivity contribution in [2.24, 2.45) is 5.73 Å². The Morgan fingerprint density at radius 2 is 1.95 bits per heavy atom. The molecule has 2 atom stereocenters. The number of rotatable bonds is 7. The molecule has 21 heavy (non-hydrogen) atoms. The molecule has 0 radical (unpaired) electrons. The third-order valence-corrected chi connectivity index (χ3v) is 3.96. The van der Waals surface area contributed by atoms with E-state index in [0.717, 1.165) is 29.8 Å². The molecular formula is C17H27N3O. The van der Waals surface area contributed by atoms with Gasteiger partial charge in [-0.25, -0.2) is 0 Å². The smallest absolute Gasteiger partial charge is 0.134 e. The fraction of sp³-hybridized carbons (Fsp3) is 0.529. The normalized spacial score (nSPS) is 15.0. The second-order valence-corrected chi connectivity index (χ2v) is 5.88. The first-order valence-corrected chi connectivity index (χ1v) is 7.65. The van der Waals surface area contributed by atoms with E-state index in [-0.39, 0.29) is 6.04 Å². The van der Waals surface area contributed by atoms with Crippen molar-refractivity contribution >= 4 is 11.0 Å². The molecule has 4 nitrogen and oxygen atoms in total. The van der Waals surface area contributed by atoms with E-state index in [0.29, 0.717) is 12.6 Å². The summed E-state index contributed by atoms with van der Waals surface area (Å²) < 4.78 is 6.02. The Hall–Kier alpha value is -1.36. The average Bonchev–Trinajstić information content (AvgIpc) is 2.86. The number of para-hydroxylation sites is 1. The lowest BCUT2D eigenvalue weighted by atomic mass is 10.1. The molecule has 0 aliphatic rings. The van der Waals surface area contributed by atoms with Crippen molar-refractivity contribution in [1.82, 2.24) is 9.80 Å². The Balaban J connectivity index is 2.27. The summed E-state index contributed by atoms with van der Waals surface area (Å²) in [6.07, 6.45) is 0. The molecule has 2 rings (SSSR count). The summed E-state index contributed by atoms with van der Waals surface area (Å²) in [4.78, 5) is 4.62. The minimum absolute atomic E-state index is 0.123. The van der Waals surface area contributed by atoms with Crippen molar-refractivity contribution in [3.63, 3.8) is 0 Å². The van der Waals surface area contributed by atoms with Gasteiger partial charge in [0.05, 0.1) is 6.04 Å². The lowest BCUT2D eigenvalue weighted by Gasteiger charge is -2.35. The van der Waals surface area contributed by atoms with Crippen LogP contribution in [-0.2, 0) is 0 Å². The average molecular weight is 289 g/mol. The van der Waals surface area contributed by atoms with Gasteiger partial charge < -0.3 is 15.1 Å². The van der Waals surface area contributed by atoms with E-state index < -0.39 is 0 Å². The van der Waals surface area contributed by atoms with Crippen LogP contribution in [0.1, 0.15) is 25.6 Å². The summed E-state index contributed by atoms with van der Waals surface area (Å²) in [5, 5.41) is 1.14. The highest BCUT2D eigenvalue weighted by atomic mass is 16.3. The summed E-state index contributed by atoms with van der Waals surface area (Å²) in [5.41, 5.74) is 6.99. The molecule has 0 aliphatic carbocycles.